The predicted molar refractivity (Wildman–Crippen MR) is 106 cm³/mol. The molecule has 0 saturated carbocycles. The van der Waals surface area contributed by atoms with Crippen LogP contribution in [0.3, 0.4) is 0 Å². The molecule has 0 unspecified atom stereocenters. The van der Waals surface area contributed by atoms with Gasteiger partial charge in [0.2, 0.25) is 0 Å². The van der Waals surface area contributed by atoms with Crippen LogP contribution in [0, 0.1) is 5.82 Å². The molecule has 0 radical (unpaired) electrons. The number of benzene rings is 3. The molecule has 1 aliphatic heterocycles. The maximum absolute atomic E-state index is 14.7. The van der Waals surface area contributed by atoms with Gasteiger partial charge >= 0.3 is 5.97 Å². The Bertz CT molecular complexity index is 1240. The molecular formula is C22H16FNO6. The van der Waals surface area contributed by atoms with Gasteiger partial charge in [0.05, 0.1) is 29.8 Å². The number of hydrogen-bond acceptors (Lipinski definition) is 5. The van der Waals surface area contributed by atoms with Crippen molar-refractivity contribution >= 4 is 34.2 Å². The molecule has 0 atom stereocenters. The number of aromatic hydroxyl groups is 1. The number of imide groups is 1. The summed E-state index contributed by atoms with van der Waals surface area (Å²) in [4.78, 5) is 37.9. The normalized spacial score (nSPS) is 13.1. The number of aliphatic carboxylic acids is 1. The third-order valence-corrected chi connectivity index (χ3v) is 4.85. The van der Waals surface area contributed by atoms with E-state index in [2.05, 4.69) is 0 Å². The van der Waals surface area contributed by atoms with Crippen LogP contribution in [0.1, 0.15) is 33.2 Å². The van der Waals surface area contributed by atoms with Gasteiger partial charge in [-0.15, -0.1) is 0 Å². The second kappa shape index (κ2) is 7.14. The van der Waals surface area contributed by atoms with E-state index >= 15 is 0 Å². The quantitative estimate of drug-likeness (QED) is 0.625. The highest BCUT2D eigenvalue weighted by Gasteiger charge is 2.42. The number of ether oxygens (including phenoxy) is 1. The number of nitrogens with zero attached hydrogens (tertiary/aromatic N) is 1. The summed E-state index contributed by atoms with van der Waals surface area (Å²) >= 11 is 0. The van der Waals surface area contributed by atoms with Crippen LogP contribution in [0.2, 0.25) is 0 Å². The zero-order valence-electron chi connectivity index (χ0n) is 15.8. The fraction of sp³-hybridized carbons (Fsp3) is 0.136. The van der Waals surface area contributed by atoms with Gasteiger partial charge in [0.1, 0.15) is 17.3 Å². The van der Waals surface area contributed by atoms with Crippen molar-refractivity contribution in [2.45, 2.75) is 13.3 Å². The second-order valence-electron chi connectivity index (χ2n) is 6.73. The lowest BCUT2D eigenvalue weighted by Crippen LogP contribution is -2.30. The topological polar surface area (TPSA) is 104 Å². The highest BCUT2D eigenvalue weighted by atomic mass is 19.1. The molecule has 3 aromatic carbocycles. The molecule has 0 aromatic heterocycles. The summed E-state index contributed by atoms with van der Waals surface area (Å²) in [6.07, 6.45) is -0.397. The monoisotopic (exact) mass is 409 g/mol. The molecule has 8 heteroatoms. The van der Waals surface area contributed by atoms with Gasteiger partial charge in [0.15, 0.2) is 0 Å². The van der Waals surface area contributed by atoms with Gasteiger partial charge in [-0.1, -0.05) is 18.2 Å². The van der Waals surface area contributed by atoms with Crippen LogP contribution in [0.15, 0.2) is 42.5 Å². The molecule has 0 aliphatic carbocycles. The minimum atomic E-state index is -1.13. The lowest BCUT2D eigenvalue weighted by atomic mass is 9.98. The molecule has 4 rings (SSSR count). The maximum atomic E-state index is 14.7. The van der Waals surface area contributed by atoms with Gasteiger partial charge in [0.25, 0.3) is 11.8 Å². The molecule has 30 heavy (non-hydrogen) atoms. The van der Waals surface area contributed by atoms with Gasteiger partial charge in [0, 0.05) is 5.39 Å². The molecule has 0 saturated heterocycles. The van der Waals surface area contributed by atoms with E-state index < -0.39 is 30.0 Å². The van der Waals surface area contributed by atoms with Crippen LogP contribution in [0.4, 0.5) is 10.1 Å². The van der Waals surface area contributed by atoms with Crippen molar-refractivity contribution in [1.82, 2.24) is 0 Å². The molecule has 0 bridgehead atoms. The lowest BCUT2D eigenvalue weighted by molar-refractivity contribution is -0.136. The van der Waals surface area contributed by atoms with E-state index in [0.29, 0.717) is 10.3 Å². The van der Waals surface area contributed by atoms with Crippen molar-refractivity contribution < 1.29 is 33.7 Å². The zero-order chi connectivity index (χ0) is 21.6. The molecule has 1 aliphatic rings. The van der Waals surface area contributed by atoms with Gasteiger partial charge in [-0.05, 0) is 42.1 Å². The maximum Gasteiger partial charge on any atom is 0.307 e. The lowest BCUT2D eigenvalue weighted by Gasteiger charge is -2.15. The van der Waals surface area contributed by atoms with Crippen LogP contribution in [0.5, 0.6) is 11.5 Å². The van der Waals surface area contributed by atoms with Gasteiger partial charge in [-0.2, -0.15) is 0 Å². The largest absolute Gasteiger partial charge is 0.507 e. The summed E-state index contributed by atoms with van der Waals surface area (Å²) in [5, 5.41) is 19.9. The SMILES string of the molecule is CCOc1cc2cccc(O)c2c2c1C(=O)N(c1ccc(CC(=O)O)cc1F)C2=O. The Morgan fingerprint density at radius 1 is 1.10 bits per heavy atom. The molecule has 3 aromatic rings. The van der Waals surface area contributed by atoms with Crippen LogP contribution >= 0.6 is 0 Å². The molecule has 2 N–H and O–H groups in total. The Hall–Kier alpha value is -3.94. The number of fused-ring (bicyclic) bond motifs is 3. The first-order valence-corrected chi connectivity index (χ1v) is 9.14. The van der Waals surface area contributed by atoms with Gasteiger partial charge in [-0.25, -0.2) is 9.29 Å². The van der Waals surface area contributed by atoms with E-state index in [1.165, 1.54) is 18.2 Å². The number of hydrogen-bond donors (Lipinski definition) is 2. The number of carbonyl (C=O) groups excluding carboxylic acids is 2. The molecule has 7 nitrogen and oxygen atoms in total. The standard InChI is InChI=1S/C22H16FNO6/c1-2-30-16-10-12-4-3-5-15(25)18(12)20-19(16)21(28)24(22(20)29)14-7-6-11(8-13(14)23)9-17(26)27/h3-8,10,25H,2,9H2,1H3,(H,26,27). The van der Waals surface area contributed by atoms with Gasteiger partial charge < -0.3 is 14.9 Å². The molecule has 0 fully saturated rings. The average Bonchev–Trinajstić information content (AvgIpc) is 2.93. The van der Waals surface area contributed by atoms with Crippen molar-refractivity contribution in [2.75, 3.05) is 11.5 Å². The van der Waals surface area contributed by atoms with Crippen molar-refractivity contribution in [3.63, 3.8) is 0 Å². The summed E-state index contributed by atoms with van der Waals surface area (Å²) < 4.78 is 20.3. The summed E-state index contributed by atoms with van der Waals surface area (Å²) in [5.74, 6) is -3.65. The number of carbonyl (C=O) groups is 3. The summed E-state index contributed by atoms with van der Waals surface area (Å²) in [5.41, 5.74) is -0.224. The number of phenols is 1. The zero-order valence-corrected chi connectivity index (χ0v) is 15.8. The van der Waals surface area contributed by atoms with Crippen molar-refractivity contribution in [3.8, 4) is 11.5 Å². The van der Waals surface area contributed by atoms with E-state index in [0.717, 1.165) is 6.07 Å². The van der Waals surface area contributed by atoms with E-state index in [9.17, 15) is 23.9 Å². The van der Waals surface area contributed by atoms with E-state index in [-0.39, 0.29) is 45.9 Å². The fourth-order valence-corrected chi connectivity index (χ4v) is 3.66. The Balaban J connectivity index is 1.91. The third kappa shape index (κ3) is 2.93. The Morgan fingerprint density at radius 3 is 2.50 bits per heavy atom. The average molecular weight is 409 g/mol. The first-order valence-electron chi connectivity index (χ1n) is 9.14. The van der Waals surface area contributed by atoms with Crippen LogP contribution < -0.4 is 9.64 Å². The number of rotatable bonds is 5. The van der Waals surface area contributed by atoms with Crippen molar-refractivity contribution in [1.29, 1.82) is 0 Å². The van der Waals surface area contributed by atoms with Crippen LogP contribution in [0.25, 0.3) is 10.8 Å². The first-order chi connectivity index (χ1) is 14.3. The molecule has 1 heterocycles. The second-order valence-corrected chi connectivity index (χ2v) is 6.73. The van der Waals surface area contributed by atoms with E-state index in [1.807, 2.05) is 0 Å². The minimum Gasteiger partial charge on any atom is -0.507 e. The van der Waals surface area contributed by atoms with E-state index in [1.54, 1.807) is 25.1 Å². The Kier molecular flexibility index (Phi) is 4.62. The Morgan fingerprint density at radius 2 is 1.83 bits per heavy atom. The highest BCUT2D eigenvalue weighted by Crippen LogP contribution is 2.42. The predicted octanol–water partition coefficient (Wildman–Crippen LogP) is 3.51. The first kappa shape index (κ1) is 19.4. The van der Waals surface area contributed by atoms with Crippen molar-refractivity contribution in [2.24, 2.45) is 0 Å². The Labute approximate surface area is 169 Å². The van der Waals surface area contributed by atoms with Crippen molar-refractivity contribution in [3.05, 3.63) is 65.0 Å². The highest BCUT2D eigenvalue weighted by molar-refractivity contribution is 6.39. The van der Waals surface area contributed by atoms with Gasteiger partial charge in [-0.3, -0.25) is 14.4 Å². The molecular weight excluding hydrogens is 393 g/mol. The number of carboxylic acids is 1. The van der Waals surface area contributed by atoms with E-state index in [4.69, 9.17) is 9.84 Å². The fourth-order valence-electron chi connectivity index (χ4n) is 3.66. The van der Waals surface area contributed by atoms with Crippen LogP contribution in [-0.2, 0) is 11.2 Å². The number of amides is 2. The number of anilines is 1. The smallest absolute Gasteiger partial charge is 0.307 e. The molecule has 152 valence electrons. The number of carboxylic acid groups (broad SMARTS) is 1. The number of halogens is 1. The third-order valence-electron chi connectivity index (χ3n) is 4.85. The number of phenolic OH excluding ortho intramolecular Hbond substituents is 1. The summed E-state index contributed by atoms with van der Waals surface area (Å²) in [6, 6.07) is 9.72. The molecule has 0 spiro atoms. The minimum absolute atomic E-state index is 0.0511. The summed E-state index contributed by atoms with van der Waals surface area (Å²) in [7, 11) is 0. The summed E-state index contributed by atoms with van der Waals surface area (Å²) in [6.45, 7) is 1.95. The van der Waals surface area contributed by atoms with Crippen LogP contribution in [-0.4, -0.2) is 34.6 Å². The molecule has 2 amide bonds.